The molecule has 3 aromatic rings. The first-order valence-electron chi connectivity index (χ1n) is 7.66. The van der Waals surface area contributed by atoms with Gasteiger partial charge in [-0.05, 0) is 37.6 Å². The molecule has 0 aliphatic heterocycles. The maximum Gasteiger partial charge on any atom is 0.274 e. The maximum atomic E-state index is 12.4. The third-order valence-electron chi connectivity index (χ3n) is 3.69. The summed E-state index contributed by atoms with van der Waals surface area (Å²) in [5.74, 6) is -0.000437. The summed E-state index contributed by atoms with van der Waals surface area (Å²) in [6.45, 7) is 4.17. The third kappa shape index (κ3) is 3.80. The van der Waals surface area contributed by atoms with E-state index >= 15 is 0 Å². The van der Waals surface area contributed by atoms with Crippen LogP contribution in [0.3, 0.4) is 0 Å². The average Bonchev–Trinajstić information content (AvgIpc) is 3.27. The molecule has 0 aliphatic carbocycles. The predicted molar refractivity (Wildman–Crippen MR) is 94.8 cm³/mol. The van der Waals surface area contributed by atoms with Crippen LogP contribution in [0.1, 0.15) is 36.4 Å². The van der Waals surface area contributed by atoms with Crippen LogP contribution < -0.4 is 10.6 Å². The highest BCUT2D eigenvalue weighted by atomic mass is 32.1. The molecule has 0 unspecified atom stereocenters. The Kier molecular flexibility index (Phi) is 4.71. The van der Waals surface area contributed by atoms with Crippen LogP contribution in [-0.4, -0.2) is 21.6 Å². The van der Waals surface area contributed by atoms with Gasteiger partial charge in [0.2, 0.25) is 0 Å². The zero-order chi connectivity index (χ0) is 18.0. The number of nitrogens with zero attached hydrogens (tertiary/aromatic N) is 2. The van der Waals surface area contributed by atoms with Crippen molar-refractivity contribution in [2.45, 2.75) is 20.4 Å². The monoisotopic (exact) mass is 358 g/mol. The smallest absolute Gasteiger partial charge is 0.274 e. The van der Waals surface area contributed by atoms with E-state index in [2.05, 4.69) is 15.7 Å². The van der Waals surface area contributed by atoms with Crippen LogP contribution in [0.5, 0.6) is 0 Å². The van der Waals surface area contributed by atoms with Crippen molar-refractivity contribution in [3.63, 3.8) is 0 Å². The topological polar surface area (TPSA) is 89.2 Å². The molecule has 2 N–H and O–H groups in total. The van der Waals surface area contributed by atoms with Gasteiger partial charge in [-0.2, -0.15) is 5.10 Å². The summed E-state index contributed by atoms with van der Waals surface area (Å²) in [6, 6.07) is 5.35. The summed E-state index contributed by atoms with van der Waals surface area (Å²) < 4.78 is 6.67. The van der Waals surface area contributed by atoms with Gasteiger partial charge in [-0.1, -0.05) is 0 Å². The highest BCUT2D eigenvalue weighted by molar-refractivity contribution is 7.14. The summed E-state index contributed by atoms with van der Waals surface area (Å²) in [6.07, 6.45) is 3.14. The maximum absolute atomic E-state index is 12.4. The molecule has 0 saturated heterocycles. The van der Waals surface area contributed by atoms with Crippen LogP contribution >= 0.6 is 11.3 Å². The SMILES string of the molecule is Cc1cc(C(=O)Nc2cn(C)nc2C(=O)NCc2ccco2)sc1C. The Labute approximate surface area is 148 Å². The minimum Gasteiger partial charge on any atom is -0.467 e. The number of rotatable bonds is 5. The fourth-order valence-corrected chi connectivity index (χ4v) is 3.21. The molecule has 25 heavy (non-hydrogen) atoms. The molecule has 0 saturated carbocycles. The highest BCUT2D eigenvalue weighted by Crippen LogP contribution is 2.22. The molecular weight excluding hydrogens is 340 g/mol. The van der Waals surface area contributed by atoms with Crippen molar-refractivity contribution < 1.29 is 14.0 Å². The molecule has 3 rings (SSSR count). The van der Waals surface area contributed by atoms with Gasteiger partial charge in [-0.25, -0.2) is 0 Å². The minimum atomic E-state index is -0.383. The number of nitrogens with one attached hydrogen (secondary N) is 2. The standard InChI is InChI=1S/C17H18N4O3S/c1-10-7-14(25-11(10)2)16(22)19-13-9-21(3)20-15(13)17(23)18-8-12-5-4-6-24-12/h4-7,9H,8H2,1-3H3,(H,18,23)(H,19,22). The molecule has 0 spiro atoms. The second kappa shape index (κ2) is 6.94. The molecular formula is C17H18N4O3S. The number of furan rings is 1. The number of thiophene rings is 1. The fraction of sp³-hybridized carbons (Fsp3) is 0.235. The quantitative estimate of drug-likeness (QED) is 0.734. The first-order chi connectivity index (χ1) is 11.9. The summed E-state index contributed by atoms with van der Waals surface area (Å²) in [5.41, 5.74) is 1.60. The predicted octanol–water partition coefficient (Wildman–Crippen LogP) is 2.87. The molecule has 3 heterocycles. The first kappa shape index (κ1) is 17.0. The van der Waals surface area contributed by atoms with E-state index in [9.17, 15) is 9.59 Å². The van der Waals surface area contributed by atoms with E-state index in [1.165, 1.54) is 16.0 Å². The van der Waals surface area contributed by atoms with Crippen LogP contribution in [0.15, 0.2) is 35.1 Å². The molecule has 0 radical (unpaired) electrons. The molecule has 8 heteroatoms. The van der Waals surface area contributed by atoms with Gasteiger partial charge in [0.15, 0.2) is 5.69 Å². The lowest BCUT2D eigenvalue weighted by Crippen LogP contribution is -2.24. The van der Waals surface area contributed by atoms with Crippen LogP contribution in [0.25, 0.3) is 0 Å². The van der Waals surface area contributed by atoms with Gasteiger partial charge in [-0.3, -0.25) is 14.3 Å². The molecule has 2 amide bonds. The zero-order valence-electron chi connectivity index (χ0n) is 14.1. The number of aryl methyl sites for hydroxylation is 3. The van der Waals surface area contributed by atoms with E-state index in [1.807, 2.05) is 19.9 Å². The molecule has 3 aromatic heterocycles. The van der Waals surface area contributed by atoms with Gasteiger partial charge >= 0.3 is 0 Å². The van der Waals surface area contributed by atoms with Crippen LogP contribution in [0.2, 0.25) is 0 Å². The number of amides is 2. The number of aromatic nitrogens is 2. The van der Waals surface area contributed by atoms with Crippen LogP contribution in [0.4, 0.5) is 5.69 Å². The minimum absolute atomic E-state index is 0.160. The summed E-state index contributed by atoms with van der Waals surface area (Å²) in [4.78, 5) is 26.5. The Balaban J connectivity index is 1.73. The molecule has 7 nitrogen and oxygen atoms in total. The van der Waals surface area contributed by atoms with E-state index in [0.29, 0.717) is 16.3 Å². The van der Waals surface area contributed by atoms with Gasteiger partial charge in [-0.15, -0.1) is 11.3 Å². The summed E-state index contributed by atoms with van der Waals surface area (Å²) in [5, 5.41) is 9.63. The van der Waals surface area contributed by atoms with Crippen LogP contribution in [-0.2, 0) is 13.6 Å². The summed E-state index contributed by atoms with van der Waals surface area (Å²) >= 11 is 1.42. The lowest BCUT2D eigenvalue weighted by atomic mass is 10.2. The second-order valence-electron chi connectivity index (χ2n) is 5.63. The Morgan fingerprint density at radius 1 is 1.32 bits per heavy atom. The van der Waals surface area contributed by atoms with E-state index in [1.54, 1.807) is 31.6 Å². The number of hydrogen-bond donors (Lipinski definition) is 2. The molecule has 0 fully saturated rings. The fourth-order valence-electron chi connectivity index (χ4n) is 2.28. The van der Waals surface area contributed by atoms with Gasteiger partial charge in [0.05, 0.1) is 23.4 Å². The van der Waals surface area contributed by atoms with E-state index in [4.69, 9.17) is 4.42 Å². The van der Waals surface area contributed by atoms with Crippen molar-refractivity contribution in [1.82, 2.24) is 15.1 Å². The first-order valence-corrected chi connectivity index (χ1v) is 8.48. The van der Waals surface area contributed by atoms with Gasteiger partial charge in [0.25, 0.3) is 11.8 Å². The molecule has 0 atom stereocenters. The van der Waals surface area contributed by atoms with Crippen molar-refractivity contribution in [3.05, 3.63) is 57.4 Å². The van der Waals surface area contributed by atoms with Crippen molar-refractivity contribution >= 4 is 28.8 Å². The summed E-state index contributed by atoms with van der Waals surface area (Å²) in [7, 11) is 1.69. The van der Waals surface area contributed by atoms with E-state index in [-0.39, 0.29) is 24.1 Å². The van der Waals surface area contributed by atoms with Crippen molar-refractivity contribution in [1.29, 1.82) is 0 Å². The number of anilines is 1. The Hall–Kier alpha value is -2.87. The van der Waals surface area contributed by atoms with Gasteiger partial charge in [0.1, 0.15) is 5.76 Å². The van der Waals surface area contributed by atoms with Crippen molar-refractivity contribution in [3.8, 4) is 0 Å². The lowest BCUT2D eigenvalue weighted by molar-refractivity contribution is 0.0943. The Bertz CT molecular complexity index is 889. The Morgan fingerprint density at radius 3 is 2.76 bits per heavy atom. The average molecular weight is 358 g/mol. The van der Waals surface area contributed by atoms with Gasteiger partial charge < -0.3 is 15.1 Å². The largest absolute Gasteiger partial charge is 0.467 e. The van der Waals surface area contributed by atoms with Gasteiger partial charge in [0, 0.05) is 18.1 Å². The molecule has 0 bridgehead atoms. The van der Waals surface area contributed by atoms with Crippen LogP contribution in [0, 0.1) is 13.8 Å². The molecule has 0 aliphatic rings. The number of carbonyl (C=O) groups is 2. The van der Waals surface area contributed by atoms with Crippen molar-refractivity contribution in [2.24, 2.45) is 7.05 Å². The Morgan fingerprint density at radius 2 is 2.12 bits per heavy atom. The van der Waals surface area contributed by atoms with E-state index < -0.39 is 0 Å². The van der Waals surface area contributed by atoms with Crippen molar-refractivity contribution in [2.75, 3.05) is 5.32 Å². The highest BCUT2D eigenvalue weighted by Gasteiger charge is 2.19. The molecule has 130 valence electrons. The number of hydrogen-bond acceptors (Lipinski definition) is 5. The number of carbonyl (C=O) groups excluding carboxylic acids is 2. The van der Waals surface area contributed by atoms with E-state index in [0.717, 1.165) is 10.4 Å². The zero-order valence-corrected chi connectivity index (χ0v) is 14.9. The molecule has 0 aromatic carbocycles. The lowest BCUT2D eigenvalue weighted by Gasteiger charge is -2.05. The third-order valence-corrected chi connectivity index (χ3v) is 4.84. The second-order valence-corrected chi connectivity index (χ2v) is 6.89. The normalized spacial score (nSPS) is 10.7.